The van der Waals surface area contributed by atoms with Gasteiger partial charge in [0.1, 0.15) is 0 Å². The van der Waals surface area contributed by atoms with Gasteiger partial charge in [-0.1, -0.05) is 54.1 Å². The lowest BCUT2D eigenvalue weighted by molar-refractivity contribution is 0.449. The van der Waals surface area contributed by atoms with Crippen LogP contribution in [0.25, 0.3) is 0 Å². The topological polar surface area (TPSA) is 29.9 Å². The maximum atomic E-state index is 5.97. The third-order valence-electron chi connectivity index (χ3n) is 4.90. The normalized spacial score (nSPS) is 16.6. The maximum absolute atomic E-state index is 5.97. The van der Waals surface area contributed by atoms with Crippen LogP contribution >= 0.6 is 11.6 Å². The molecule has 0 saturated heterocycles. The minimum absolute atomic E-state index is 0.379. The molecule has 25 heavy (non-hydrogen) atoms. The van der Waals surface area contributed by atoms with Gasteiger partial charge < -0.3 is 5.32 Å². The molecule has 1 N–H and O–H groups in total. The summed E-state index contributed by atoms with van der Waals surface area (Å²) < 4.78 is 2.17. The lowest BCUT2D eigenvalue weighted by Gasteiger charge is -2.24. The Balaban J connectivity index is 1.47. The van der Waals surface area contributed by atoms with Crippen LogP contribution in [0.3, 0.4) is 0 Å². The second kappa shape index (κ2) is 7.42. The Hall–Kier alpha value is -2.10. The van der Waals surface area contributed by atoms with Crippen LogP contribution in [0.15, 0.2) is 60.8 Å². The number of halogens is 1. The van der Waals surface area contributed by atoms with Crippen molar-refractivity contribution in [2.24, 2.45) is 0 Å². The highest BCUT2D eigenvalue weighted by Gasteiger charge is 2.23. The minimum Gasteiger partial charge on any atom is -0.306 e. The number of benzene rings is 2. The molecule has 0 bridgehead atoms. The van der Waals surface area contributed by atoms with Gasteiger partial charge in [-0.05, 0) is 42.5 Å². The van der Waals surface area contributed by atoms with Crippen molar-refractivity contribution in [1.29, 1.82) is 0 Å². The van der Waals surface area contributed by atoms with Gasteiger partial charge >= 0.3 is 0 Å². The van der Waals surface area contributed by atoms with E-state index in [1.807, 2.05) is 12.1 Å². The highest BCUT2D eigenvalue weighted by molar-refractivity contribution is 6.30. The van der Waals surface area contributed by atoms with Gasteiger partial charge in [0.05, 0.1) is 12.7 Å². The zero-order chi connectivity index (χ0) is 17.1. The van der Waals surface area contributed by atoms with E-state index in [4.69, 9.17) is 11.6 Å². The Labute approximate surface area is 153 Å². The van der Waals surface area contributed by atoms with Crippen molar-refractivity contribution in [1.82, 2.24) is 15.1 Å². The number of hydrogen-bond acceptors (Lipinski definition) is 2. The van der Waals surface area contributed by atoms with Crippen LogP contribution < -0.4 is 5.32 Å². The minimum atomic E-state index is 0.379. The summed E-state index contributed by atoms with van der Waals surface area (Å²) >= 11 is 5.97. The van der Waals surface area contributed by atoms with Crippen molar-refractivity contribution in [3.05, 3.63) is 88.2 Å². The summed E-state index contributed by atoms with van der Waals surface area (Å²) in [6, 6.07) is 19.0. The van der Waals surface area contributed by atoms with Crippen molar-refractivity contribution >= 4 is 11.6 Å². The van der Waals surface area contributed by atoms with Crippen LogP contribution in [0.2, 0.25) is 5.02 Å². The van der Waals surface area contributed by atoms with E-state index in [9.17, 15) is 0 Å². The van der Waals surface area contributed by atoms with Gasteiger partial charge in [0.2, 0.25) is 0 Å². The fourth-order valence-electron chi connectivity index (χ4n) is 3.57. The third kappa shape index (κ3) is 3.78. The predicted molar refractivity (Wildman–Crippen MR) is 102 cm³/mol. The van der Waals surface area contributed by atoms with E-state index in [-0.39, 0.29) is 0 Å². The van der Waals surface area contributed by atoms with E-state index in [0.29, 0.717) is 6.04 Å². The van der Waals surface area contributed by atoms with Crippen LogP contribution in [0.5, 0.6) is 0 Å². The van der Waals surface area contributed by atoms with Gasteiger partial charge in [-0.3, -0.25) is 4.68 Å². The van der Waals surface area contributed by atoms with E-state index >= 15 is 0 Å². The Kier molecular flexibility index (Phi) is 4.86. The van der Waals surface area contributed by atoms with Crippen molar-refractivity contribution in [2.75, 3.05) is 0 Å². The van der Waals surface area contributed by atoms with Crippen LogP contribution in [0, 0.1) is 0 Å². The van der Waals surface area contributed by atoms with Crippen LogP contribution in [-0.2, 0) is 19.5 Å². The Morgan fingerprint density at radius 2 is 1.84 bits per heavy atom. The smallest absolute Gasteiger partial charge is 0.0662 e. The molecule has 0 spiro atoms. The first-order valence-corrected chi connectivity index (χ1v) is 9.24. The molecule has 3 nitrogen and oxygen atoms in total. The molecule has 0 radical (unpaired) electrons. The molecule has 1 atom stereocenters. The van der Waals surface area contributed by atoms with E-state index in [1.54, 1.807) is 0 Å². The molecule has 4 rings (SSSR count). The van der Waals surface area contributed by atoms with Gasteiger partial charge in [-0.2, -0.15) is 5.10 Å². The number of rotatable bonds is 5. The van der Waals surface area contributed by atoms with Crippen LogP contribution in [-0.4, -0.2) is 9.78 Å². The molecule has 128 valence electrons. The fraction of sp³-hybridized carbons (Fsp3) is 0.286. The first-order chi connectivity index (χ1) is 12.3. The molecular weight excluding hydrogens is 330 g/mol. The van der Waals surface area contributed by atoms with Crippen molar-refractivity contribution < 1.29 is 0 Å². The van der Waals surface area contributed by atoms with Gasteiger partial charge in [0, 0.05) is 28.9 Å². The SMILES string of the molecule is Clc1ccc(CN[C@@H]2CCCc3c2cnn3Cc2ccccc2)cc1. The predicted octanol–water partition coefficient (Wildman–Crippen LogP) is 4.75. The summed E-state index contributed by atoms with van der Waals surface area (Å²) in [7, 11) is 0. The van der Waals surface area contributed by atoms with E-state index in [1.165, 1.54) is 28.8 Å². The molecule has 0 fully saturated rings. The van der Waals surface area contributed by atoms with Gasteiger partial charge in [0.25, 0.3) is 0 Å². The fourth-order valence-corrected chi connectivity index (χ4v) is 3.69. The maximum Gasteiger partial charge on any atom is 0.0662 e. The molecule has 0 aliphatic heterocycles. The van der Waals surface area contributed by atoms with Gasteiger partial charge in [-0.15, -0.1) is 0 Å². The zero-order valence-electron chi connectivity index (χ0n) is 14.2. The Bertz CT molecular complexity index is 824. The van der Waals surface area contributed by atoms with Gasteiger partial charge in [0.15, 0.2) is 0 Å². The second-order valence-corrected chi connectivity index (χ2v) is 7.08. The average Bonchev–Trinajstić information content (AvgIpc) is 3.06. The van der Waals surface area contributed by atoms with E-state index < -0.39 is 0 Å². The molecule has 2 aromatic carbocycles. The molecule has 3 aromatic rings. The summed E-state index contributed by atoms with van der Waals surface area (Å²) in [5, 5.41) is 9.15. The zero-order valence-corrected chi connectivity index (χ0v) is 14.9. The lowest BCUT2D eigenvalue weighted by Crippen LogP contribution is -2.25. The standard InChI is InChI=1S/C21H22ClN3/c22-18-11-9-16(10-12-18)13-23-20-7-4-8-21-19(20)14-24-25(21)15-17-5-2-1-3-6-17/h1-3,5-6,9-12,14,20,23H,4,7-8,13,15H2/t20-/m1/s1. The molecule has 1 aliphatic rings. The summed E-state index contributed by atoms with van der Waals surface area (Å²) in [5.41, 5.74) is 5.29. The number of nitrogens with one attached hydrogen (secondary N) is 1. The second-order valence-electron chi connectivity index (χ2n) is 6.64. The molecule has 0 unspecified atom stereocenters. The molecule has 1 aromatic heterocycles. The highest BCUT2D eigenvalue weighted by atomic mass is 35.5. The Morgan fingerprint density at radius 3 is 2.64 bits per heavy atom. The molecule has 1 heterocycles. The van der Waals surface area contributed by atoms with E-state index in [0.717, 1.165) is 31.0 Å². The summed E-state index contributed by atoms with van der Waals surface area (Å²) in [6.45, 7) is 1.70. The first kappa shape index (κ1) is 16.4. The molecule has 1 aliphatic carbocycles. The number of aromatic nitrogens is 2. The number of fused-ring (bicyclic) bond motifs is 1. The molecule has 4 heteroatoms. The monoisotopic (exact) mass is 351 g/mol. The van der Waals surface area contributed by atoms with Gasteiger partial charge in [-0.25, -0.2) is 0 Å². The average molecular weight is 352 g/mol. The number of nitrogens with zero attached hydrogens (tertiary/aromatic N) is 2. The highest BCUT2D eigenvalue weighted by Crippen LogP contribution is 2.30. The summed E-state index contributed by atoms with van der Waals surface area (Å²) in [6.07, 6.45) is 5.53. The Morgan fingerprint density at radius 1 is 1.04 bits per heavy atom. The van der Waals surface area contributed by atoms with Crippen LogP contribution in [0.1, 0.15) is 41.3 Å². The molecule has 0 saturated carbocycles. The van der Waals surface area contributed by atoms with E-state index in [2.05, 4.69) is 63.8 Å². The quantitative estimate of drug-likeness (QED) is 0.718. The molecular formula is C21H22ClN3. The summed E-state index contributed by atoms with van der Waals surface area (Å²) in [4.78, 5) is 0. The van der Waals surface area contributed by atoms with Crippen molar-refractivity contribution in [3.63, 3.8) is 0 Å². The molecule has 0 amide bonds. The van der Waals surface area contributed by atoms with Crippen molar-refractivity contribution in [2.45, 2.75) is 38.4 Å². The van der Waals surface area contributed by atoms with Crippen molar-refractivity contribution in [3.8, 4) is 0 Å². The first-order valence-electron chi connectivity index (χ1n) is 8.86. The third-order valence-corrected chi connectivity index (χ3v) is 5.16. The van der Waals surface area contributed by atoms with Crippen LogP contribution in [0.4, 0.5) is 0 Å². The number of hydrogen-bond donors (Lipinski definition) is 1. The largest absolute Gasteiger partial charge is 0.306 e. The lowest BCUT2D eigenvalue weighted by atomic mass is 9.92. The summed E-state index contributed by atoms with van der Waals surface area (Å²) in [5.74, 6) is 0.